The van der Waals surface area contributed by atoms with Crippen LogP contribution in [0, 0.1) is 11.3 Å². The number of fused-ring (bicyclic) bond motifs is 1. The Kier molecular flexibility index (Phi) is 4.17. The molecular formula is C14H12F3N3O. The molecule has 4 nitrogen and oxygen atoms in total. The molecule has 0 atom stereocenters. The van der Waals surface area contributed by atoms with Crippen molar-refractivity contribution in [1.82, 2.24) is 4.98 Å². The van der Waals surface area contributed by atoms with Crippen LogP contribution < -0.4 is 10.1 Å². The van der Waals surface area contributed by atoms with Crippen molar-refractivity contribution in [3.63, 3.8) is 0 Å². The topological polar surface area (TPSA) is 57.9 Å². The summed E-state index contributed by atoms with van der Waals surface area (Å²) in [4.78, 5) is 4.10. The van der Waals surface area contributed by atoms with Gasteiger partial charge in [0, 0.05) is 18.1 Å². The van der Waals surface area contributed by atoms with Crippen LogP contribution in [0.2, 0.25) is 0 Å². The van der Waals surface area contributed by atoms with Gasteiger partial charge in [0.15, 0.2) is 6.61 Å². The van der Waals surface area contributed by atoms with Gasteiger partial charge in [-0.15, -0.1) is 0 Å². The summed E-state index contributed by atoms with van der Waals surface area (Å²) >= 11 is 0. The number of pyridine rings is 1. The lowest BCUT2D eigenvalue weighted by molar-refractivity contribution is -0.153. The minimum atomic E-state index is -4.40. The molecule has 1 aromatic heterocycles. The predicted octanol–water partition coefficient (Wildman–Crippen LogP) is 3.48. The number of alkyl halides is 3. The van der Waals surface area contributed by atoms with E-state index in [4.69, 9.17) is 10.00 Å². The number of hydrogen-bond acceptors (Lipinski definition) is 4. The highest BCUT2D eigenvalue weighted by atomic mass is 19.4. The molecule has 1 aromatic carbocycles. The maximum Gasteiger partial charge on any atom is 0.422 e. The van der Waals surface area contributed by atoms with Crippen LogP contribution in [0.5, 0.6) is 5.75 Å². The Morgan fingerprint density at radius 3 is 2.76 bits per heavy atom. The van der Waals surface area contributed by atoms with Gasteiger partial charge in [0.25, 0.3) is 0 Å². The summed E-state index contributed by atoms with van der Waals surface area (Å²) in [6.45, 7) is 1.07. The number of nitriles is 1. The van der Waals surface area contributed by atoms with E-state index < -0.39 is 12.8 Å². The molecule has 1 heterocycles. The first-order valence-electron chi connectivity index (χ1n) is 6.21. The largest absolute Gasteiger partial charge is 0.484 e. The monoisotopic (exact) mass is 295 g/mol. The number of anilines is 1. The first-order valence-corrected chi connectivity index (χ1v) is 6.21. The lowest BCUT2D eigenvalue weighted by atomic mass is 10.1. The van der Waals surface area contributed by atoms with Crippen LogP contribution in [-0.2, 0) is 0 Å². The summed E-state index contributed by atoms with van der Waals surface area (Å²) in [5, 5.41) is 12.7. The lowest BCUT2D eigenvalue weighted by Crippen LogP contribution is -2.19. The Hall–Kier alpha value is -2.49. The van der Waals surface area contributed by atoms with Crippen LogP contribution in [0.15, 0.2) is 24.4 Å². The Bertz CT molecular complexity index is 692. The number of hydrogen-bond donors (Lipinski definition) is 1. The molecule has 0 radical (unpaired) electrons. The molecule has 0 unspecified atom stereocenters. The number of aromatic nitrogens is 1. The van der Waals surface area contributed by atoms with Gasteiger partial charge in [0.1, 0.15) is 11.8 Å². The smallest absolute Gasteiger partial charge is 0.422 e. The van der Waals surface area contributed by atoms with Gasteiger partial charge in [-0.3, -0.25) is 4.98 Å². The Balaban J connectivity index is 2.44. The molecule has 0 saturated carbocycles. The summed E-state index contributed by atoms with van der Waals surface area (Å²) in [5.74, 6) is 0.0795. The first-order chi connectivity index (χ1) is 9.94. The number of nitrogens with one attached hydrogen (secondary N) is 1. The molecule has 110 valence electrons. The third-order valence-corrected chi connectivity index (χ3v) is 2.72. The SMILES string of the molecule is CCNc1c(C#N)cnc2ccc(OCC(F)(F)F)cc12. The molecule has 2 rings (SSSR count). The second-order valence-corrected chi connectivity index (χ2v) is 4.27. The normalized spacial score (nSPS) is 11.2. The predicted molar refractivity (Wildman–Crippen MR) is 72.2 cm³/mol. The molecule has 0 aliphatic carbocycles. The summed E-state index contributed by atoms with van der Waals surface area (Å²) in [6.07, 6.45) is -2.97. The van der Waals surface area contributed by atoms with Crippen LogP contribution >= 0.6 is 0 Å². The van der Waals surface area contributed by atoms with Gasteiger partial charge < -0.3 is 10.1 Å². The average Bonchev–Trinajstić information content (AvgIpc) is 2.45. The van der Waals surface area contributed by atoms with Crippen molar-refractivity contribution in [2.75, 3.05) is 18.5 Å². The molecule has 0 aliphatic heterocycles. The quantitative estimate of drug-likeness (QED) is 0.938. The van der Waals surface area contributed by atoms with E-state index in [2.05, 4.69) is 10.3 Å². The summed E-state index contributed by atoms with van der Waals surface area (Å²) in [6, 6.07) is 6.43. The van der Waals surface area contributed by atoms with Crippen LogP contribution in [0.4, 0.5) is 18.9 Å². The van der Waals surface area contributed by atoms with E-state index in [-0.39, 0.29) is 5.75 Å². The highest BCUT2D eigenvalue weighted by Crippen LogP contribution is 2.29. The Labute approximate surface area is 119 Å². The van der Waals surface area contributed by atoms with Gasteiger partial charge in [-0.25, -0.2) is 0 Å². The molecule has 0 bridgehead atoms. The van der Waals surface area contributed by atoms with Crippen LogP contribution in [0.3, 0.4) is 0 Å². The van der Waals surface area contributed by atoms with Gasteiger partial charge in [-0.1, -0.05) is 0 Å². The van der Waals surface area contributed by atoms with Crippen molar-refractivity contribution in [3.05, 3.63) is 30.0 Å². The third kappa shape index (κ3) is 3.54. The van der Waals surface area contributed by atoms with E-state index >= 15 is 0 Å². The number of benzene rings is 1. The van der Waals surface area contributed by atoms with Gasteiger partial charge in [0.05, 0.1) is 16.8 Å². The summed E-state index contributed by atoms with van der Waals surface area (Å²) in [5.41, 5.74) is 1.45. The Morgan fingerprint density at radius 2 is 2.14 bits per heavy atom. The molecule has 2 aromatic rings. The molecule has 0 aliphatic rings. The van der Waals surface area contributed by atoms with Crippen molar-refractivity contribution in [2.24, 2.45) is 0 Å². The standard InChI is InChI=1S/C14H12F3N3O/c1-2-19-13-9(6-18)7-20-12-4-3-10(5-11(12)13)21-8-14(15,16)17/h3-5,7H,2,8H2,1H3,(H,19,20). The third-order valence-electron chi connectivity index (χ3n) is 2.72. The zero-order chi connectivity index (χ0) is 15.5. The fourth-order valence-corrected chi connectivity index (χ4v) is 1.88. The fraction of sp³-hybridized carbons (Fsp3) is 0.286. The molecule has 21 heavy (non-hydrogen) atoms. The average molecular weight is 295 g/mol. The molecule has 7 heteroatoms. The molecule has 0 amide bonds. The zero-order valence-corrected chi connectivity index (χ0v) is 11.2. The minimum absolute atomic E-state index is 0.0795. The lowest BCUT2D eigenvalue weighted by Gasteiger charge is -2.12. The van der Waals surface area contributed by atoms with Gasteiger partial charge in [-0.05, 0) is 25.1 Å². The van der Waals surface area contributed by atoms with E-state index in [1.807, 2.05) is 13.0 Å². The molecule has 0 spiro atoms. The van der Waals surface area contributed by atoms with Crippen LogP contribution in [-0.4, -0.2) is 24.3 Å². The molecular weight excluding hydrogens is 283 g/mol. The Morgan fingerprint density at radius 1 is 1.38 bits per heavy atom. The van der Waals surface area contributed by atoms with Gasteiger partial charge >= 0.3 is 6.18 Å². The van der Waals surface area contributed by atoms with Crippen LogP contribution in [0.1, 0.15) is 12.5 Å². The van der Waals surface area contributed by atoms with Crippen molar-refractivity contribution in [3.8, 4) is 11.8 Å². The minimum Gasteiger partial charge on any atom is -0.484 e. The first kappa shape index (κ1) is 14.9. The number of rotatable bonds is 4. The van der Waals surface area contributed by atoms with Gasteiger partial charge in [-0.2, -0.15) is 18.4 Å². The van der Waals surface area contributed by atoms with Crippen molar-refractivity contribution in [2.45, 2.75) is 13.1 Å². The molecule has 1 N–H and O–H groups in total. The van der Waals surface area contributed by atoms with Crippen molar-refractivity contribution >= 4 is 16.6 Å². The van der Waals surface area contributed by atoms with E-state index in [0.717, 1.165) is 0 Å². The fourth-order valence-electron chi connectivity index (χ4n) is 1.88. The van der Waals surface area contributed by atoms with E-state index in [9.17, 15) is 13.2 Å². The van der Waals surface area contributed by atoms with E-state index in [1.54, 1.807) is 6.07 Å². The second-order valence-electron chi connectivity index (χ2n) is 4.27. The summed E-state index contributed by atoms with van der Waals surface area (Å²) < 4.78 is 41.3. The van der Waals surface area contributed by atoms with Crippen molar-refractivity contribution < 1.29 is 17.9 Å². The van der Waals surface area contributed by atoms with Crippen molar-refractivity contribution in [1.29, 1.82) is 5.26 Å². The second kappa shape index (κ2) is 5.87. The van der Waals surface area contributed by atoms with E-state index in [0.29, 0.717) is 28.7 Å². The molecule has 0 fully saturated rings. The highest BCUT2D eigenvalue weighted by molar-refractivity contribution is 5.94. The number of halogens is 3. The zero-order valence-electron chi connectivity index (χ0n) is 11.2. The van der Waals surface area contributed by atoms with Gasteiger partial charge in [0.2, 0.25) is 0 Å². The number of ether oxygens (including phenoxy) is 1. The summed E-state index contributed by atoms with van der Waals surface area (Å²) in [7, 11) is 0. The maximum absolute atomic E-state index is 12.2. The van der Waals surface area contributed by atoms with E-state index in [1.165, 1.54) is 18.3 Å². The van der Waals surface area contributed by atoms with Crippen LogP contribution in [0.25, 0.3) is 10.9 Å². The molecule has 0 saturated heterocycles. The highest BCUT2D eigenvalue weighted by Gasteiger charge is 2.28. The number of nitrogens with zero attached hydrogens (tertiary/aromatic N) is 2. The maximum atomic E-state index is 12.2.